The standard InChI is InChI=1S/C13H18FN3O5S/c1-4-15-13(18)8-16(5-2)23(21,22)12-7-11(17(19)20)9(3)6-10(12)14/h6-7H,4-5,8H2,1-3H3,(H,15,18). The van der Waals surface area contributed by atoms with Gasteiger partial charge in [-0.1, -0.05) is 6.92 Å². The number of carbonyl (C=O) groups is 1. The molecule has 1 amide bonds. The van der Waals surface area contributed by atoms with Crippen LogP contribution in [0, 0.1) is 22.9 Å². The zero-order chi connectivity index (χ0) is 17.8. The zero-order valence-corrected chi connectivity index (χ0v) is 13.8. The van der Waals surface area contributed by atoms with Crippen molar-refractivity contribution in [3.05, 3.63) is 33.6 Å². The molecule has 1 aromatic rings. The highest BCUT2D eigenvalue weighted by atomic mass is 32.2. The Kier molecular flexibility index (Phi) is 6.16. The van der Waals surface area contributed by atoms with Gasteiger partial charge in [0, 0.05) is 24.7 Å². The van der Waals surface area contributed by atoms with Crippen LogP contribution in [0.3, 0.4) is 0 Å². The molecule has 0 spiro atoms. The molecule has 1 rings (SSSR count). The topological polar surface area (TPSA) is 110 Å². The lowest BCUT2D eigenvalue weighted by Crippen LogP contribution is -2.40. The summed E-state index contributed by atoms with van der Waals surface area (Å²) < 4.78 is 39.8. The number of aryl methyl sites for hydroxylation is 1. The molecule has 0 saturated heterocycles. The van der Waals surface area contributed by atoms with Gasteiger partial charge in [-0.3, -0.25) is 14.9 Å². The molecule has 0 heterocycles. The normalized spacial score (nSPS) is 11.5. The van der Waals surface area contributed by atoms with Gasteiger partial charge in [0.1, 0.15) is 10.7 Å². The third-order valence-electron chi connectivity index (χ3n) is 3.11. The number of rotatable bonds is 7. The van der Waals surface area contributed by atoms with Crippen LogP contribution in [0.5, 0.6) is 0 Å². The van der Waals surface area contributed by atoms with Crippen LogP contribution in [-0.2, 0) is 14.8 Å². The summed E-state index contributed by atoms with van der Waals surface area (Å²) in [6.07, 6.45) is 0. The van der Waals surface area contributed by atoms with Gasteiger partial charge in [-0.2, -0.15) is 4.31 Å². The first-order chi connectivity index (χ1) is 10.6. The maximum atomic E-state index is 14.0. The first-order valence-corrected chi connectivity index (χ1v) is 8.30. The van der Waals surface area contributed by atoms with Crippen LogP contribution in [0.15, 0.2) is 17.0 Å². The molecule has 128 valence electrons. The van der Waals surface area contributed by atoms with Crippen molar-refractivity contribution in [2.45, 2.75) is 25.7 Å². The van der Waals surface area contributed by atoms with E-state index in [9.17, 15) is 27.7 Å². The number of nitro groups is 1. The van der Waals surface area contributed by atoms with Gasteiger partial charge in [0.25, 0.3) is 5.69 Å². The third kappa shape index (κ3) is 4.23. The summed E-state index contributed by atoms with van der Waals surface area (Å²) in [5, 5.41) is 13.4. The number of likely N-dealkylation sites (N-methyl/N-ethyl adjacent to an activating group) is 2. The fourth-order valence-electron chi connectivity index (χ4n) is 1.96. The summed E-state index contributed by atoms with van der Waals surface area (Å²) in [7, 11) is -4.37. The molecule has 0 aromatic heterocycles. The second-order valence-electron chi connectivity index (χ2n) is 4.71. The van der Waals surface area contributed by atoms with E-state index in [-0.39, 0.29) is 12.1 Å². The van der Waals surface area contributed by atoms with E-state index in [1.54, 1.807) is 6.92 Å². The van der Waals surface area contributed by atoms with Crippen LogP contribution in [0.2, 0.25) is 0 Å². The number of nitrogens with one attached hydrogen (secondary N) is 1. The van der Waals surface area contributed by atoms with Gasteiger partial charge in [0.05, 0.1) is 11.5 Å². The smallest absolute Gasteiger partial charge is 0.273 e. The molecular weight excluding hydrogens is 329 g/mol. The predicted octanol–water partition coefficient (Wildman–Crippen LogP) is 1.19. The number of sulfonamides is 1. The van der Waals surface area contributed by atoms with E-state index in [2.05, 4.69) is 5.32 Å². The molecule has 0 fully saturated rings. The highest BCUT2D eigenvalue weighted by Crippen LogP contribution is 2.27. The first-order valence-electron chi connectivity index (χ1n) is 6.86. The van der Waals surface area contributed by atoms with Crippen LogP contribution < -0.4 is 5.32 Å². The van der Waals surface area contributed by atoms with Gasteiger partial charge in [-0.05, 0) is 19.9 Å². The van der Waals surface area contributed by atoms with E-state index in [1.165, 1.54) is 13.8 Å². The average Bonchev–Trinajstić information content (AvgIpc) is 2.44. The van der Waals surface area contributed by atoms with Crippen molar-refractivity contribution in [3.63, 3.8) is 0 Å². The van der Waals surface area contributed by atoms with Gasteiger partial charge in [-0.25, -0.2) is 12.8 Å². The number of nitrogens with zero attached hydrogens (tertiary/aromatic N) is 2. The fourth-order valence-corrected chi connectivity index (χ4v) is 3.43. The molecule has 1 aromatic carbocycles. The predicted molar refractivity (Wildman–Crippen MR) is 80.9 cm³/mol. The quantitative estimate of drug-likeness (QED) is 0.588. The summed E-state index contributed by atoms with van der Waals surface area (Å²) in [5.41, 5.74) is -0.489. The Morgan fingerprint density at radius 3 is 2.48 bits per heavy atom. The molecule has 1 N–H and O–H groups in total. The van der Waals surface area contributed by atoms with Crippen molar-refractivity contribution >= 4 is 21.6 Å². The summed E-state index contributed by atoms with van der Waals surface area (Å²) in [5.74, 6) is -1.64. The van der Waals surface area contributed by atoms with Gasteiger partial charge in [-0.15, -0.1) is 0 Å². The Bertz CT molecular complexity index is 721. The van der Waals surface area contributed by atoms with E-state index < -0.39 is 43.8 Å². The van der Waals surface area contributed by atoms with E-state index in [1.807, 2.05) is 0 Å². The number of carbonyl (C=O) groups excluding carboxylic acids is 1. The highest BCUT2D eigenvalue weighted by Gasteiger charge is 2.30. The molecular formula is C13H18FN3O5S. The zero-order valence-electron chi connectivity index (χ0n) is 13.0. The fraction of sp³-hybridized carbons (Fsp3) is 0.462. The Morgan fingerprint density at radius 2 is 2.00 bits per heavy atom. The third-order valence-corrected chi connectivity index (χ3v) is 5.05. The molecule has 0 aliphatic carbocycles. The second kappa shape index (κ2) is 7.47. The molecule has 0 bridgehead atoms. The number of halogens is 1. The van der Waals surface area contributed by atoms with E-state index in [4.69, 9.17) is 0 Å². The number of benzene rings is 1. The van der Waals surface area contributed by atoms with Crippen molar-refractivity contribution in [2.75, 3.05) is 19.6 Å². The molecule has 0 atom stereocenters. The maximum absolute atomic E-state index is 14.0. The molecule has 8 nitrogen and oxygen atoms in total. The van der Waals surface area contributed by atoms with Gasteiger partial charge in [0.15, 0.2) is 0 Å². The van der Waals surface area contributed by atoms with Crippen LogP contribution >= 0.6 is 0 Å². The second-order valence-corrected chi connectivity index (χ2v) is 6.62. The van der Waals surface area contributed by atoms with Crippen LogP contribution in [-0.4, -0.2) is 43.2 Å². The van der Waals surface area contributed by atoms with Crippen molar-refractivity contribution in [1.82, 2.24) is 9.62 Å². The molecule has 0 saturated carbocycles. The highest BCUT2D eigenvalue weighted by molar-refractivity contribution is 7.89. The minimum Gasteiger partial charge on any atom is -0.355 e. The molecule has 0 aliphatic rings. The minimum absolute atomic E-state index is 0.0122. The monoisotopic (exact) mass is 347 g/mol. The van der Waals surface area contributed by atoms with Gasteiger partial charge in [0.2, 0.25) is 15.9 Å². The molecule has 0 radical (unpaired) electrons. The first kappa shape index (κ1) is 19.0. The summed E-state index contributed by atoms with van der Waals surface area (Å²) in [6, 6.07) is 1.48. The van der Waals surface area contributed by atoms with Crippen molar-refractivity contribution in [2.24, 2.45) is 0 Å². The van der Waals surface area contributed by atoms with Crippen molar-refractivity contribution in [1.29, 1.82) is 0 Å². The Balaban J connectivity index is 3.33. The lowest BCUT2D eigenvalue weighted by molar-refractivity contribution is -0.385. The summed E-state index contributed by atoms with van der Waals surface area (Å²) >= 11 is 0. The average molecular weight is 347 g/mol. The van der Waals surface area contributed by atoms with E-state index in [0.717, 1.165) is 10.4 Å². The van der Waals surface area contributed by atoms with E-state index >= 15 is 0 Å². The molecule has 10 heteroatoms. The largest absolute Gasteiger partial charge is 0.355 e. The Labute approximate surface area is 133 Å². The molecule has 0 unspecified atom stereocenters. The number of hydrogen-bond donors (Lipinski definition) is 1. The Hall–Kier alpha value is -2.07. The van der Waals surface area contributed by atoms with Crippen molar-refractivity contribution < 1.29 is 22.5 Å². The molecule has 0 aliphatic heterocycles. The van der Waals surface area contributed by atoms with Gasteiger partial charge >= 0.3 is 0 Å². The van der Waals surface area contributed by atoms with E-state index in [0.29, 0.717) is 12.6 Å². The number of hydrogen-bond acceptors (Lipinski definition) is 5. The van der Waals surface area contributed by atoms with Crippen LogP contribution in [0.25, 0.3) is 0 Å². The summed E-state index contributed by atoms with van der Waals surface area (Å²) in [4.78, 5) is 20.9. The van der Waals surface area contributed by atoms with Gasteiger partial charge < -0.3 is 5.32 Å². The Morgan fingerprint density at radius 1 is 1.39 bits per heavy atom. The van der Waals surface area contributed by atoms with Crippen LogP contribution in [0.4, 0.5) is 10.1 Å². The maximum Gasteiger partial charge on any atom is 0.273 e. The number of amides is 1. The summed E-state index contributed by atoms with van der Waals surface area (Å²) in [6.45, 7) is 4.21. The van der Waals surface area contributed by atoms with Crippen LogP contribution in [0.1, 0.15) is 19.4 Å². The lowest BCUT2D eigenvalue weighted by Gasteiger charge is -2.20. The lowest BCUT2D eigenvalue weighted by atomic mass is 10.2. The number of nitro benzene ring substituents is 1. The van der Waals surface area contributed by atoms with Crippen molar-refractivity contribution in [3.8, 4) is 0 Å². The SMILES string of the molecule is CCNC(=O)CN(CC)S(=O)(=O)c1cc([N+](=O)[O-])c(C)cc1F. The minimum atomic E-state index is -4.37. The molecule has 23 heavy (non-hydrogen) atoms.